The molecule has 0 heterocycles. The topological polar surface area (TPSA) is 38.3 Å². The average Bonchev–Trinajstić information content (AvgIpc) is 2.29. The van der Waals surface area contributed by atoms with E-state index in [-0.39, 0.29) is 5.91 Å². The summed E-state index contributed by atoms with van der Waals surface area (Å²) in [5, 5.41) is 2.92. The van der Waals surface area contributed by atoms with Crippen molar-refractivity contribution in [2.45, 2.75) is 24.6 Å². The van der Waals surface area contributed by atoms with E-state index in [1.807, 2.05) is 31.2 Å². The van der Waals surface area contributed by atoms with Gasteiger partial charge in [0, 0.05) is 18.5 Å². The van der Waals surface area contributed by atoms with Crippen molar-refractivity contribution in [3.8, 4) is 0 Å². The first-order chi connectivity index (χ1) is 8.61. The second-order valence-corrected chi connectivity index (χ2v) is 5.65. The number of hydrogen-bond donors (Lipinski definition) is 1. The van der Waals surface area contributed by atoms with Gasteiger partial charge in [0.1, 0.15) is 0 Å². The quantitative estimate of drug-likeness (QED) is 0.785. The second kappa shape index (κ2) is 8.27. The third-order valence-corrected chi connectivity index (χ3v) is 3.30. The summed E-state index contributed by atoms with van der Waals surface area (Å²) in [6.45, 7) is 3.36. The van der Waals surface area contributed by atoms with Gasteiger partial charge in [-0.05, 0) is 18.9 Å². The molecule has 0 radical (unpaired) electrons. The lowest BCUT2D eigenvalue weighted by Gasteiger charge is -2.09. The number of carbonyl (C=O) groups is 1. The maximum absolute atomic E-state index is 11.7. The van der Waals surface area contributed by atoms with Crippen molar-refractivity contribution in [3.05, 3.63) is 35.4 Å². The fraction of sp³-hybridized carbons (Fsp3) is 0.500. The van der Waals surface area contributed by atoms with Crippen molar-refractivity contribution in [2.24, 2.45) is 0 Å². The zero-order valence-electron chi connectivity index (χ0n) is 10.9. The number of aryl methyl sites for hydroxylation is 1. The molecule has 0 aromatic heterocycles. The number of benzene rings is 1. The van der Waals surface area contributed by atoms with Crippen molar-refractivity contribution >= 4 is 21.8 Å². The molecule has 1 rings (SSSR count). The van der Waals surface area contributed by atoms with Crippen LogP contribution < -0.4 is 5.32 Å². The number of rotatable bonds is 7. The molecule has 0 aliphatic carbocycles. The highest BCUT2D eigenvalue weighted by Crippen LogP contribution is 2.06. The zero-order chi connectivity index (χ0) is 13.4. The zero-order valence-corrected chi connectivity index (χ0v) is 12.5. The molecule has 0 bridgehead atoms. The predicted octanol–water partition coefficient (Wildman–Crippen LogP) is 2.45. The van der Waals surface area contributed by atoms with Crippen molar-refractivity contribution < 1.29 is 9.53 Å². The normalized spacial score (nSPS) is 12.2. The van der Waals surface area contributed by atoms with Gasteiger partial charge in [-0.2, -0.15) is 0 Å². The number of hydrogen-bond acceptors (Lipinski definition) is 2. The van der Waals surface area contributed by atoms with Crippen LogP contribution in [0.2, 0.25) is 0 Å². The molecule has 3 nitrogen and oxygen atoms in total. The molecule has 1 atom stereocenters. The predicted molar refractivity (Wildman–Crippen MR) is 77.1 cm³/mol. The minimum absolute atomic E-state index is 0.0673. The highest BCUT2D eigenvalue weighted by molar-refractivity contribution is 9.09. The molecular weight excluding hydrogens is 294 g/mol. The van der Waals surface area contributed by atoms with Crippen molar-refractivity contribution in [2.75, 3.05) is 20.3 Å². The molecular formula is C14H20BrNO2. The summed E-state index contributed by atoms with van der Waals surface area (Å²) in [5.74, 6) is 0.0673. The average molecular weight is 314 g/mol. The molecule has 0 fully saturated rings. The van der Waals surface area contributed by atoms with Crippen LogP contribution >= 0.6 is 15.9 Å². The summed E-state index contributed by atoms with van der Waals surface area (Å²) in [7, 11) is 1.67. The SMILES string of the molecule is COCC(Br)CCNC(=O)Cc1cccc(C)c1. The Balaban J connectivity index is 2.25. The Labute approximate surface area is 117 Å². The van der Waals surface area contributed by atoms with Crippen molar-refractivity contribution in [3.63, 3.8) is 0 Å². The largest absolute Gasteiger partial charge is 0.384 e. The molecule has 1 aromatic carbocycles. The first kappa shape index (κ1) is 15.2. The summed E-state index contributed by atoms with van der Waals surface area (Å²) in [5.41, 5.74) is 2.24. The molecule has 0 aliphatic rings. The van der Waals surface area contributed by atoms with Gasteiger partial charge in [0.2, 0.25) is 5.91 Å². The molecule has 0 aliphatic heterocycles. The van der Waals surface area contributed by atoms with Crippen LogP contribution in [-0.2, 0) is 16.0 Å². The van der Waals surface area contributed by atoms with E-state index in [1.54, 1.807) is 7.11 Å². The van der Waals surface area contributed by atoms with Crippen LogP contribution in [0.4, 0.5) is 0 Å². The maximum Gasteiger partial charge on any atom is 0.224 e. The highest BCUT2D eigenvalue weighted by atomic mass is 79.9. The summed E-state index contributed by atoms with van der Waals surface area (Å²) < 4.78 is 5.01. The van der Waals surface area contributed by atoms with E-state index in [0.717, 1.165) is 12.0 Å². The Hall–Kier alpha value is -0.870. The van der Waals surface area contributed by atoms with Crippen LogP contribution in [0, 0.1) is 6.92 Å². The lowest BCUT2D eigenvalue weighted by molar-refractivity contribution is -0.120. The summed E-state index contributed by atoms with van der Waals surface area (Å²) in [6, 6.07) is 8.02. The number of amides is 1. The van der Waals surface area contributed by atoms with E-state index in [1.165, 1.54) is 5.56 Å². The highest BCUT2D eigenvalue weighted by Gasteiger charge is 2.06. The van der Waals surface area contributed by atoms with Gasteiger partial charge in [0.05, 0.1) is 13.0 Å². The van der Waals surface area contributed by atoms with E-state index < -0.39 is 0 Å². The van der Waals surface area contributed by atoms with E-state index in [4.69, 9.17) is 4.74 Å². The number of alkyl halides is 1. The number of carbonyl (C=O) groups excluding carboxylic acids is 1. The van der Waals surface area contributed by atoms with Crippen LogP contribution in [0.1, 0.15) is 17.5 Å². The van der Waals surface area contributed by atoms with Crippen molar-refractivity contribution in [1.82, 2.24) is 5.32 Å². The van der Waals surface area contributed by atoms with Crippen LogP contribution in [0.3, 0.4) is 0 Å². The molecule has 0 saturated carbocycles. The molecule has 0 saturated heterocycles. The lowest BCUT2D eigenvalue weighted by Crippen LogP contribution is -2.28. The minimum Gasteiger partial charge on any atom is -0.384 e. The second-order valence-electron chi connectivity index (χ2n) is 4.36. The monoisotopic (exact) mass is 313 g/mol. The first-order valence-corrected chi connectivity index (χ1v) is 6.98. The van der Waals surface area contributed by atoms with E-state index in [2.05, 4.69) is 21.2 Å². The number of methoxy groups -OCH3 is 1. The van der Waals surface area contributed by atoms with E-state index in [0.29, 0.717) is 24.4 Å². The summed E-state index contributed by atoms with van der Waals surface area (Å²) >= 11 is 3.49. The fourth-order valence-electron chi connectivity index (χ4n) is 1.70. The van der Waals surface area contributed by atoms with Crippen molar-refractivity contribution in [1.29, 1.82) is 0 Å². The van der Waals surface area contributed by atoms with Gasteiger partial charge in [-0.1, -0.05) is 45.8 Å². The lowest BCUT2D eigenvalue weighted by atomic mass is 10.1. The summed E-state index contributed by atoms with van der Waals surface area (Å²) in [4.78, 5) is 12.0. The number of ether oxygens (including phenoxy) is 1. The Bertz CT molecular complexity index is 382. The van der Waals surface area contributed by atoms with Gasteiger partial charge >= 0.3 is 0 Å². The Morgan fingerprint density at radius 1 is 1.50 bits per heavy atom. The maximum atomic E-state index is 11.7. The standard InChI is InChI=1S/C14H20BrNO2/c1-11-4-3-5-12(8-11)9-14(17)16-7-6-13(15)10-18-2/h3-5,8,13H,6-7,9-10H2,1-2H3,(H,16,17). The summed E-state index contributed by atoms with van der Waals surface area (Å²) in [6.07, 6.45) is 1.31. The van der Waals surface area contributed by atoms with Gasteiger partial charge in [-0.15, -0.1) is 0 Å². The van der Waals surface area contributed by atoms with Gasteiger partial charge in [-0.25, -0.2) is 0 Å². The smallest absolute Gasteiger partial charge is 0.224 e. The first-order valence-electron chi connectivity index (χ1n) is 6.07. The Kier molecular flexibility index (Phi) is 6.98. The fourth-order valence-corrected chi connectivity index (χ4v) is 2.20. The van der Waals surface area contributed by atoms with E-state index in [9.17, 15) is 4.79 Å². The Morgan fingerprint density at radius 2 is 2.28 bits per heavy atom. The molecule has 18 heavy (non-hydrogen) atoms. The van der Waals surface area contributed by atoms with Gasteiger partial charge < -0.3 is 10.1 Å². The van der Waals surface area contributed by atoms with E-state index >= 15 is 0 Å². The Morgan fingerprint density at radius 3 is 2.94 bits per heavy atom. The molecule has 1 N–H and O–H groups in total. The third kappa shape index (κ3) is 6.17. The minimum atomic E-state index is 0.0673. The molecule has 1 aromatic rings. The molecule has 1 amide bonds. The molecule has 100 valence electrons. The molecule has 1 unspecified atom stereocenters. The van der Waals surface area contributed by atoms with Gasteiger partial charge in [0.25, 0.3) is 0 Å². The number of nitrogens with one attached hydrogen (secondary N) is 1. The van der Waals surface area contributed by atoms with Crippen LogP contribution in [-0.4, -0.2) is 31.0 Å². The van der Waals surface area contributed by atoms with Gasteiger partial charge in [0.15, 0.2) is 0 Å². The third-order valence-electron chi connectivity index (χ3n) is 2.57. The molecule has 4 heteroatoms. The van der Waals surface area contributed by atoms with Gasteiger partial charge in [-0.3, -0.25) is 4.79 Å². The van der Waals surface area contributed by atoms with Crippen LogP contribution in [0.25, 0.3) is 0 Å². The van der Waals surface area contributed by atoms with Crippen LogP contribution in [0.15, 0.2) is 24.3 Å². The van der Waals surface area contributed by atoms with Crippen LogP contribution in [0.5, 0.6) is 0 Å². The number of halogens is 1. The molecule has 0 spiro atoms.